The molecule has 5 nitrogen and oxygen atoms in total. The van der Waals surface area contributed by atoms with Crippen molar-refractivity contribution < 1.29 is 4.79 Å². The van der Waals surface area contributed by atoms with Crippen LogP contribution in [0.3, 0.4) is 0 Å². The summed E-state index contributed by atoms with van der Waals surface area (Å²) in [5, 5.41) is 12.8. The van der Waals surface area contributed by atoms with Crippen LogP contribution in [0.1, 0.15) is 13.3 Å². The van der Waals surface area contributed by atoms with Gasteiger partial charge in [-0.05, 0) is 43.3 Å². The summed E-state index contributed by atoms with van der Waals surface area (Å²) >= 11 is 0. The molecule has 5 heteroatoms. The van der Waals surface area contributed by atoms with Crippen molar-refractivity contribution >= 4 is 23.0 Å². The Bertz CT molecular complexity index is 627. The molecule has 0 bridgehead atoms. The topological polar surface area (TPSA) is 65.2 Å². The molecule has 2 aromatic carbocycles. The molecule has 1 aliphatic heterocycles. The molecule has 1 amide bonds. The lowest BCUT2D eigenvalue weighted by Crippen LogP contribution is -2.59. The van der Waals surface area contributed by atoms with Gasteiger partial charge >= 0.3 is 0 Å². The number of amides is 1. The van der Waals surface area contributed by atoms with E-state index in [1.54, 1.807) is 0 Å². The number of hydrogen-bond acceptors (Lipinski definition) is 4. The zero-order valence-electron chi connectivity index (χ0n) is 12.5. The van der Waals surface area contributed by atoms with Crippen LogP contribution in [-0.4, -0.2) is 18.2 Å². The van der Waals surface area contributed by atoms with Gasteiger partial charge in [0, 0.05) is 29.5 Å². The number of hydrogen-bond donors (Lipinski definition) is 4. The summed E-state index contributed by atoms with van der Waals surface area (Å²) in [6, 6.07) is 18.2. The van der Waals surface area contributed by atoms with Gasteiger partial charge in [-0.1, -0.05) is 18.2 Å². The standard InChI is InChI=1S/C17H20N4O/c1-12-11-16(22)21-17(18-12)20-15-9-7-14(8-10-15)19-13-5-3-2-4-6-13/h2-10,12,17-20H,11H2,1H3,(H,21,22). The molecule has 3 rings (SSSR count). The lowest BCUT2D eigenvalue weighted by atomic mass is 10.2. The third kappa shape index (κ3) is 3.77. The van der Waals surface area contributed by atoms with E-state index in [2.05, 4.69) is 21.3 Å². The van der Waals surface area contributed by atoms with Gasteiger partial charge in [0.2, 0.25) is 5.91 Å². The molecule has 0 saturated carbocycles. The zero-order valence-corrected chi connectivity index (χ0v) is 12.5. The lowest BCUT2D eigenvalue weighted by molar-refractivity contribution is -0.123. The van der Waals surface area contributed by atoms with Gasteiger partial charge in [0.1, 0.15) is 0 Å². The van der Waals surface area contributed by atoms with E-state index in [0.717, 1.165) is 17.1 Å². The average Bonchev–Trinajstić information content (AvgIpc) is 2.49. The Balaban J connectivity index is 1.61. The first-order valence-electron chi connectivity index (χ1n) is 7.43. The van der Waals surface area contributed by atoms with Gasteiger partial charge < -0.3 is 16.0 Å². The maximum absolute atomic E-state index is 11.5. The normalized spacial score (nSPS) is 21.0. The highest BCUT2D eigenvalue weighted by Crippen LogP contribution is 2.19. The largest absolute Gasteiger partial charge is 0.356 e. The van der Waals surface area contributed by atoms with E-state index in [0.29, 0.717) is 6.42 Å². The number of rotatable bonds is 4. The molecular weight excluding hydrogens is 276 g/mol. The van der Waals surface area contributed by atoms with E-state index < -0.39 is 0 Å². The van der Waals surface area contributed by atoms with Crippen LogP contribution in [0, 0.1) is 0 Å². The molecule has 4 N–H and O–H groups in total. The summed E-state index contributed by atoms with van der Waals surface area (Å²) in [6.45, 7) is 2.00. The third-order valence-corrected chi connectivity index (χ3v) is 3.51. The summed E-state index contributed by atoms with van der Waals surface area (Å²) in [4.78, 5) is 11.5. The maximum atomic E-state index is 11.5. The maximum Gasteiger partial charge on any atom is 0.224 e. The Morgan fingerprint density at radius 1 is 0.955 bits per heavy atom. The molecule has 1 heterocycles. The van der Waals surface area contributed by atoms with Gasteiger partial charge in [-0.15, -0.1) is 0 Å². The van der Waals surface area contributed by atoms with Gasteiger partial charge in [-0.3, -0.25) is 10.1 Å². The minimum absolute atomic E-state index is 0.0612. The Morgan fingerprint density at radius 3 is 2.27 bits per heavy atom. The zero-order chi connectivity index (χ0) is 15.4. The van der Waals surface area contributed by atoms with Crippen LogP contribution < -0.4 is 21.3 Å². The first-order chi connectivity index (χ1) is 10.7. The van der Waals surface area contributed by atoms with Gasteiger partial charge in [0.15, 0.2) is 6.29 Å². The highest BCUT2D eigenvalue weighted by molar-refractivity contribution is 5.78. The second-order valence-corrected chi connectivity index (χ2v) is 5.49. The number of carbonyl (C=O) groups excluding carboxylic acids is 1. The SMILES string of the molecule is CC1CC(=O)NC(Nc2ccc(Nc3ccccc3)cc2)N1. The quantitative estimate of drug-likeness (QED) is 0.700. The van der Waals surface area contributed by atoms with Crippen molar-refractivity contribution in [3.8, 4) is 0 Å². The molecule has 2 atom stereocenters. The number of nitrogens with one attached hydrogen (secondary N) is 4. The summed E-state index contributed by atoms with van der Waals surface area (Å²) in [6.07, 6.45) is 0.280. The smallest absolute Gasteiger partial charge is 0.224 e. The van der Waals surface area contributed by atoms with Crippen molar-refractivity contribution in [2.45, 2.75) is 25.7 Å². The minimum atomic E-state index is -0.232. The first kappa shape index (κ1) is 14.4. The fourth-order valence-corrected chi connectivity index (χ4v) is 2.47. The molecule has 114 valence electrons. The van der Waals surface area contributed by atoms with Crippen LogP contribution in [0.25, 0.3) is 0 Å². The molecule has 0 aliphatic carbocycles. The van der Waals surface area contributed by atoms with E-state index >= 15 is 0 Å². The van der Waals surface area contributed by atoms with Crippen LogP contribution in [-0.2, 0) is 4.79 Å². The summed E-state index contributed by atoms with van der Waals surface area (Å²) in [5.74, 6) is 0.0612. The second-order valence-electron chi connectivity index (χ2n) is 5.49. The monoisotopic (exact) mass is 296 g/mol. The number of benzene rings is 2. The predicted octanol–water partition coefficient (Wildman–Crippen LogP) is 2.62. The van der Waals surface area contributed by atoms with Crippen molar-refractivity contribution in [3.63, 3.8) is 0 Å². The van der Waals surface area contributed by atoms with E-state index in [1.807, 2.05) is 61.5 Å². The molecule has 0 spiro atoms. The second kappa shape index (κ2) is 6.49. The predicted molar refractivity (Wildman–Crippen MR) is 88.9 cm³/mol. The van der Waals surface area contributed by atoms with Crippen LogP contribution in [0.5, 0.6) is 0 Å². The molecule has 1 fully saturated rings. The number of carbonyl (C=O) groups is 1. The lowest BCUT2D eigenvalue weighted by Gasteiger charge is -2.30. The third-order valence-electron chi connectivity index (χ3n) is 3.51. The highest BCUT2D eigenvalue weighted by atomic mass is 16.2. The van der Waals surface area contributed by atoms with Gasteiger partial charge in [0.25, 0.3) is 0 Å². The Kier molecular flexibility index (Phi) is 4.25. The molecule has 22 heavy (non-hydrogen) atoms. The molecule has 1 saturated heterocycles. The average molecular weight is 296 g/mol. The van der Waals surface area contributed by atoms with Crippen molar-refractivity contribution in [3.05, 3.63) is 54.6 Å². The molecule has 1 aliphatic rings. The van der Waals surface area contributed by atoms with Crippen LogP contribution in [0.15, 0.2) is 54.6 Å². The summed E-state index contributed by atoms with van der Waals surface area (Å²) in [7, 11) is 0. The number of para-hydroxylation sites is 1. The van der Waals surface area contributed by atoms with E-state index in [1.165, 1.54) is 0 Å². The van der Waals surface area contributed by atoms with E-state index in [4.69, 9.17) is 0 Å². The molecule has 0 radical (unpaired) electrons. The van der Waals surface area contributed by atoms with Crippen LogP contribution >= 0.6 is 0 Å². The van der Waals surface area contributed by atoms with Crippen molar-refractivity contribution in [2.24, 2.45) is 0 Å². The number of anilines is 3. The van der Waals surface area contributed by atoms with E-state index in [-0.39, 0.29) is 18.2 Å². The first-order valence-corrected chi connectivity index (χ1v) is 7.43. The van der Waals surface area contributed by atoms with Crippen LogP contribution in [0.2, 0.25) is 0 Å². The Morgan fingerprint density at radius 2 is 1.59 bits per heavy atom. The molecule has 2 aromatic rings. The molecule has 2 unspecified atom stereocenters. The van der Waals surface area contributed by atoms with Crippen molar-refractivity contribution in [2.75, 3.05) is 10.6 Å². The summed E-state index contributed by atoms with van der Waals surface area (Å²) in [5.41, 5.74) is 3.02. The van der Waals surface area contributed by atoms with Crippen molar-refractivity contribution in [1.29, 1.82) is 0 Å². The fourth-order valence-electron chi connectivity index (χ4n) is 2.47. The minimum Gasteiger partial charge on any atom is -0.356 e. The van der Waals surface area contributed by atoms with Crippen LogP contribution in [0.4, 0.5) is 17.1 Å². The Labute approximate surface area is 130 Å². The highest BCUT2D eigenvalue weighted by Gasteiger charge is 2.22. The van der Waals surface area contributed by atoms with Crippen molar-refractivity contribution in [1.82, 2.24) is 10.6 Å². The van der Waals surface area contributed by atoms with Gasteiger partial charge in [0.05, 0.1) is 0 Å². The Hall–Kier alpha value is -2.53. The molecule has 0 aromatic heterocycles. The van der Waals surface area contributed by atoms with E-state index in [9.17, 15) is 4.79 Å². The van der Waals surface area contributed by atoms with Gasteiger partial charge in [-0.25, -0.2) is 0 Å². The summed E-state index contributed by atoms with van der Waals surface area (Å²) < 4.78 is 0. The van der Waals surface area contributed by atoms with Gasteiger partial charge in [-0.2, -0.15) is 0 Å². The fraction of sp³-hybridized carbons (Fsp3) is 0.235. The molecular formula is C17H20N4O.